The smallest absolute Gasteiger partial charge is 0.313 e. The highest BCUT2D eigenvalue weighted by atomic mass is 19.4. The van der Waals surface area contributed by atoms with Crippen LogP contribution in [0.25, 0.3) is 0 Å². The van der Waals surface area contributed by atoms with Gasteiger partial charge in [0.05, 0.1) is 6.42 Å². The van der Waals surface area contributed by atoms with Crippen LogP contribution in [-0.4, -0.2) is 42.8 Å². The van der Waals surface area contributed by atoms with Crippen molar-refractivity contribution >= 4 is 0 Å². The number of alkyl halides is 3. The molecule has 1 saturated heterocycles. The van der Waals surface area contributed by atoms with Crippen molar-refractivity contribution in [1.82, 2.24) is 10.2 Å². The summed E-state index contributed by atoms with van der Waals surface area (Å²) in [5, 5.41) is 3.40. The lowest BCUT2D eigenvalue weighted by atomic mass is 10.0. The van der Waals surface area contributed by atoms with Crippen molar-refractivity contribution in [1.29, 1.82) is 0 Å². The van der Waals surface area contributed by atoms with Gasteiger partial charge in [-0.25, -0.2) is 0 Å². The number of nitrogens with zero attached hydrogens (tertiary/aromatic N) is 1. The van der Waals surface area contributed by atoms with E-state index in [1.165, 1.54) is 0 Å². The second kappa shape index (κ2) is 6.59. The molecule has 1 aliphatic rings. The molecule has 0 bridgehead atoms. The van der Waals surface area contributed by atoms with E-state index in [9.17, 15) is 13.2 Å². The summed E-state index contributed by atoms with van der Waals surface area (Å²) in [6.45, 7) is 6.26. The molecule has 0 aliphatic carbocycles. The first-order valence-corrected chi connectivity index (χ1v) is 6.46. The van der Waals surface area contributed by atoms with E-state index in [-0.39, 0.29) is 0 Å². The maximum Gasteiger partial charge on any atom is 0.390 e. The maximum absolute atomic E-state index is 12.3. The van der Waals surface area contributed by atoms with Crippen molar-refractivity contribution in [3.63, 3.8) is 0 Å². The lowest BCUT2D eigenvalue weighted by Gasteiger charge is -2.37. The predicted octanol–water partition coefficient (Wildman–Crippen LogP) is 2.79. The molecule has 17 heavy (non-hydrogen) atoms. The van der Waals surface area contributed by atoms with Gasteiger partial charge < -0.3 is 5.32 Å². The molecule has 0 aromatic heterocycles. The van der Waals surface area contributed by atoms with Crippen LogP contribution >= 0.6 is 0 Å². The first-order valence-electron chi connectivity index (χ1n) is 6.46. The molecule has 1 fully saturated rings. The van der Waals surface area contributed by atoms with Crippen LogP contribution in [0.1, 0.15) is 39.5 Å². The zero-order valence-corrected chi connectivity index (χ0v) is 10.7. The van der Waals surface area contributed by atoms with Gasteiger partial charge in [0.2, 0.25) is 0 Å². The Bertz CT molecular complexity index is 218. The molecule has 1 aliphatic heterocycles. The Morgan fingerprint density at radius 1 is 1.41 bits per heavy atom. The van der Waals surface area contributed by atoms with Crippen molar-refractivity contribution in [2.24, 2.45) is 0 Å². The van der Waals surface area contributed by atoms with Crippen molar-refractivity contribution in [3.05, 3.63) is 0 Å². The van der Waals surface area contributed by atoms with Gasteiger partial charge in [-0.1, -0.05) is 6.92 Å². The molecule has 0 amide bonds. The summed E-state index contributed by atoms with van der Waals surface area (Å²) in [5.74, 6) is 0. The fourth-order valence-electron chi connectivity index (χ4n) is 2.39. The number of hydrogen-bond donors (Lipinski definition) is 1. The highest BCUT2D eigenvalue weighted by Crippen LogP contribution is 2.25. The van der Waals surface area contributed by atoms with Gasteiger partial charge in [0.25, 0.3) is 0 Å². The van der Waals surface area contributed by atoms with E-state index in [1.807, 2.05) is 4.90 Å². The second-order valence-electron chi connectivity index (χ2n) is 4.96. The molecule has 0 saturated carbocycles. The van der Waals surface area contributed by atoms with Gasteiger partial charge in [-0.05, 0) is 39.3 Å². The Balaban J connectivity index is 2.37. The predicted molar refractivity (Wildman–Crippen MR) is 63.0 cm³/mol. The molecule has 1 N–H and O–H groups in total. The summed E-state index contributed by atoms with van der Waals surface area (Å²) >= 11 is 0. The van der Waals surface area contributed by atoms with Crippen LogP contribution in [-0.2, 0) is 0 Å². The molecule has 0 radical (unpaired) electrons. The van der Waals surface area contributed by atoms with Crippen LogP contribution in [0.4, 0.5) is 13.2 Å². The average Bonchev–Trinajstić information content (AvgIpc) is 2.24. The van der Waals surface area contributed by atoms with E-state index in [1.54, 1.807) is 6.92 Å². The van der Waals surface area contributed by atoms with E-state index in [0.717, 1.165) is 38.9 Å². The first-order chi connectivity index (χ1) is 7.92. The fourth-order valence-corrected chi connectivity index (χ4v) is 2.39. The summed E-state index contributed by atoms with van der Waals surface area (Å²) in [6.07, 6.45) is -1.62. The standard InChI is InChI=1S/C12H23F3N2/c1-3-6-16-11-5-4-7-17(9-11)10(2)8-12(13,14)15/h10-11,16H,3-9H2,1-2H3. The SMILES string of the molecule is CCCNC1CCCN(C(C)CC(F)(F)F)C1. The van der Waals surface area contributed by atoms with Gasteiger partial charge in [-0.2, -0.15) is 13.2 Å². The van der Waals surface area contributed by atoms with Crippen molar-refractivity contribution < 1.29 is 13.2 Å². The van der Waals surface area contributed by atoms with Crippen LogP contribution < -0.4 is 5.32 Å². The third-order valence-corrected chi connectivity index (χ3v) is 3.29. The van der Waals surface area contributed by atoms with Gasteiger partial charge in [-0.15, -0.1) is 0 Å². The molecule has 2 atom stereocenters. The summed E-state index contributed by atoms with van der Waals surface area (Å²) in [7, 11) is 0. The van der Waals surface area contributed by atoms with Crippen LogP contribution in [0.5, 0.6) is 0 Å². The largest absolute Gasteiger partial charge is 0.390 e. The Morgan fingerprint density at radius 2 is 2.12 bits per heavy atom. The average molecular weight is 252 g/mol. The Morgan fingerprint density at radius 3 is 2.71 bits per heavy atom. The number of halogens is 3. The quantitative estimate of drug-likeness (QED) is 0.809. The van der Waals surface area contributed by atoms with Crippen LogP contribution in [0.15, 0.2) is 0 Å². The highest BCUT2D eigenvalue weighted by molar-refractivity contribution is 4.82. The Hall–Kier alpha value is -0.290. The van der Waals surface area contributed by atoms with Crippen LogP contribution in [0.3, 0.4) is 0 Å². The van der Waals surface area contributed by atoms with Gasteiger partial charge in [0, 0.05) is 18.6 Å². The van der Waals surface area contributed by atoms with Gasteiger partial charge in [-0.3, -0.25) is 4.90 Å². The second-order valence-corrected chi connectivity index (χ2v) is 4.96. The minimum atomic E-state index is -4.05. The van der Waals surface area contributed by atoms with Crippen LogP contribution in [0.2, 0.25) is 0 Å². The van der Waals surface area contributed by atoms with Crippen molar-refractivity contribution in [3.8, 4) is 0 Å². The van der Waals surface area contributed by atoms with Crippen LogP contribution in [0, 0.1) is 0 Å². The molecule has 5 heteroatoms. The number of nitrogens with one attached hydrogen (secondary N) is 1. The summed E-state index contributed by atoms with van der Waals surface area (Å²) in [6, 6.07) is -0.0411. The third kappa shape index (κ3) is 5.73. The number of rotatable bonds is 5. The fraction of sp³-hybridized carbons (Fsp3) is 1.00. The Kier molecular flexibility index (Phi) is 5.73. The van der Waals surface area contributed by atoms with E-state index >= 15 is 0 Å². The summed E-state index contributed by atoms with van der Waals surface area (Å²) < 4.78 is 37.0. The van der Waals surface area contributed by atoms with Crippen molar-refractivity contribution in [2.75, 3.05) is 19.6 Å². The highest BCUT2D eigenvalue weighted by Gasteiger charge is 2.33. The van der Waals surface area contributed by atoms with E-state index < -0.39 is 18.6 Å². The third-order valence-electron chi connectivity index (χ3n) is 3.29. The zero-order valence-electron chi connectivity index (χ0n) is 10.7. The van der Waals surface area contributed by atoms with E-state index in [2.05, 4.69) is 12.2 Å². The monoisotopic (exact) mass is 252 g/mol. The van der Waals surface area contributed by atoms with Crippen molar-refractivity contribution in [2.45, 2.75) is 57.8 Å². The summed E-state index contributed by atoms with van der Waals surface area (Å²) in [5.41, 5.74) is 0. The molecule has 0 spiro atoms. The number of hydrogen-bond acceptors (Lipinski definition) is 2. The molecule has 1 rings (SSSR count). The summed E-state index contributed by atoms with van der Waals surface area (Å²) in [4.78, 5) is 1.96. The molecule has 1 heterocycles. The molecule has 2 nitrogen and oxygen atoms in total. The lowest BCUT2D eigenvalue weighted by Crippen LogP contribution is -2.49. The molecular formula is C12H23F3N2. The molecular weight excluding hydrogens is 229 g/mol. The zero-order chi connectivity index (χ0) is 12.9. The lowest BCUT2D eigenvalue weighted by molar-refractivity contribution is -0.147. The topological polar surface area (TPSA) is 15.3 Å². The number of likely N-dealkylation sites (tertiary alicyclic amines) is 1. The first kappa shape index (κ1) is 14.8. The molecule has 2 unspecified atom stereocenters. The maximum atomic E-state index is 12.3. The van der Waals surface area contributed by atoms with E-state index in [4.69, 9.17) is 0 Å². The normalized spacial score (nSPS) is 24.9. The molecule has 102 valence electrons. The van der Waals surface area contributed by atoms with E-state index in [0.29, 0.717) is 6.04 Å². The molecule has 0 aromatic rings. The van der Waals surface area contributed by atoms with Gasteiger partial charge in [0.1, 0.15) is 0 Å². The minimum Gasteiger partial charge on any atom is -0.313 e. The van der Waals surface area contributed by atoms with Gasteiger partial charge in [0.15, 0.2) is 0 Å². The minimum absolute atomic E-state index is 0.361. The number of piperidine rings is 1. The Labute approximate surface area is 102 Å². The van der Waals surface area contributed by atoms with Gasteiger partial charge >= 0.3 is 6.18 Å². The molecule has 0 aromatic carbocycles.